The summed E-state index contributed by atoms with van der Waals surface area (Å²) < 4.78 is 7.02. The summed E-state index contributed by atoms with van der Waals surface area (Å²) in [5.41, 5.74) is 5.49. The van der Waals surface area contributed by atoms with Crippen molar-refractivity contribution >= 4 is 28.9 Å². The fourth-order valence-corrected chi connectivity index (χ4v) is 5.38. The summed E-state index contributed by atoms with van der Waals surface area (Å²) >= 11 is 0. The van der Waals surface area contributed by atoms with Gasteiger partial charge in [-0.25, -0.2) is 15.0 Å². The van der Waals surface area contributed by atoms with Crippen LogP contribution in [0.2, 0.25) is 0 Å². The average Bonchev–Trinajstić information content (AvgIpc) is 3.49. The first-order chi connectivity index (χ1) is 18.7. The molecule has 0 bridgehead atoms. The van der Waals surface area contributed by atoms with E-state index in [-0.39, 0.29) is 17.9 Å². The summed E-state index contributed by atoms with van der Waals surface area (Å²) in [7, 11) is 5.53. The van der Waals surface area contributed by atoms with Gasteiger partial charge in [0, 0.05) is 56.8 Å². The van der Waals surface area contributed by atoms with Crippen molar-refractivity contribution in [3.63, 3.8) is 0 Å². The number of fused-ring (bicyclic) bond motifs is 1. The molecule has 0 radical (unpaired) electrons. The second kappa shape index (κ2) is 11.1. The molecule has 39 heavy (non-hydrogen) atoms. The molecule has 1 amide bonds. The molecule has 206 valence electrons. The molecule has 1 atom stereocenters. The van der Waals surface area contributed by atoms with E-state index in [1.54, 1.807) is 24.2 Å². The minimum absolute atomic E-state index is 0.000904. The lowest BCUT2D eigenvalue weighted by Gasteiger charge is -2.38. The number of aryl methyl sites for hydroxylation is 2. The third kappa shape index (κ3) is 5.50. The first-order valence-corrected chi connectivity index (χ1v) is 13.4. The molecule has 3 aromatic rings. The van der Waals surface area contributed by atoms with Crippen molar-refractivity contribution in [1.29, 1.82) is 0 Å². The molecule has 2 aliphatic rings. The number of rotatable bonds is 8. The molecule has 3 aromatic heterocycles. The van der Waals surface area contributed by atoms with E-state index in [4.69, 9.17) is 9.72 Å². The highest BCUT2D eigenvalue weighted by atomic mass is 16.5. The normalized spacial score (nSPS) is 16.6. The molecule has 1 aliphatic heterocycles. The first kappa shape index (κ1) is 26.8. The van der Waals surface area contributed by atoms with E-state index in [1.165, 1.54) is 0 Å². The number of carbonyl (C=O) groups is 1. The summed E-state index contributed by atoms with van der Waals surface area (Å²) in [6.07, 6.45) is 8.19. The monoisotopic (exact) mass is 531 g/mol. The van der Waals surface area contributed by atoms with Gasteiger partial charge < -0.3 is 20.3 Å². The standard InChI is InChI=1S/C28H37N9O2/c1-17(2)24(37-13-11-35(4)12-14-37)26(38)33-25-21-8-7-20(19(21)9-10-29-25)23-18(3)15-30-28(32-23)31-22-16-36(5)34-27(22)39-6/h7,9-10,15-17,24H,8,11-14H2,1-6H3,(H,29,33,38)(H,30,31,32). The fraction of sp³-hybridized carbons (Fsp3) is 0.464. The summed E-state index contributed by atoms with van der Waals surface area (Å²) in [5.74, 6) is 1.72. The smallest absolute Gasteiger partial charge is 0.256 e. The van der Waals surface area contributed by atoms with Crippen LogP contribution in [0.15, 0.2) is 30.7 Å². The third-order valence-corrected chi connectivity index (χ3v) is 7.39. The van der Waals surface area contributed by atoms with Crippen LogP contribution in [0, 0.1) is 12.8 Å². The third-order valence-electron chi connectivity index (χ3n) is 7.39. The van der Waals surface area contributed by atoms with Gasteiger partial charge in [0.1, 0.15) is 11.5 Å². The summed E-state index contributed by atoms with van der Waals surface area (Å²) in [6.45, 7) is 9.90. The summed E-state index contributed by atoms with van der Waals surface area (Å²) in [4.78, 5) is 32.0. The lowest BCUT2D eigenvalue weighted by Crippen LogP contribution is -2.54. The van der Waals surface area contributed by atoms with Gasteiger partial charge in [-0.15, -0.1) is 5.10 Å². The second-order valence-corrected chi connectivity index (χ2v) is 10.6. The number of hydrogen-bond donors (Lipinski definition) is 2. The van der Waals surface area contributed by atoms with Crippen molar-refractivity contribution in [1.82, 2.24) is 34.5 Å². The van der Waals surface area contributed by atoms with Crippen LogP contribution in [0.5, 0.6) is 5.88 Å². The zero-order valence-electron chi connectivity index (χ0n) is 23.5. The molecule has 0 saturated carbocycles. The maximum atomic E-state index is 13.5. The maximum Gasteiger partial charge on any atom is 0.256 e. The van der Waals surface area contributed by atoms with Gasteiger partial charge in [-0.1, -0.05) is 19.9 Å². The van der Waals surface area contributed by atoms with Crippen molar-refractivity contribution in [2.45, 2.75) is 33.2 Å². The quantitative estimate of drug-likeness (QED) is 0.453. The van der Waals surface area contributed by atoms with Crippen LogP contribution in [0.1, 0.15) is 36.2 Å². The molecule has 1 fully saturated rings. The largest absolute Gasteiger partial charge is 0.478 e. The van der Waals surface area contributed by atoms with E-state index in [2.05, 4.69) is 62.5 Å². The Morgan fingerprint density at radius 3 is 2.62 bits per heavy atom. The second-order valence-electron chi connectivity index (χ2n) is 10.6. The van der Waals surface area contributed by atoms with Crippen LogP contribution in [0.3, 0.4) is 0 Å². The Bertz CT molecular complexity index is 1390. The van der Waals surface area contributed by atoms with Gasteiger partial charge in [0.2, 0.25) is 11.9 Å². The van der Waals surface area contributed by atoms with Gasteiger partial charge >= 0.3 is 0 Å². The fourth-order valence-electron chi connectivity index (χ4n) is 5.38. The minimum atomic E-state index is -0.201. The van der Waals surface area contributed by atoms with E-state index < -0.39 is 0 Å². The maximum absolute atomic E-state index is 13.5. The number of amides is 1. The van der Waals surface area contributed by atoms with Gasteiger partial charge in [0.15, 0.2) is 0 Å². The number of methoxy groups -OCH3 is 1. The van der Waals surface area contributed by atoms with Crippen molar-refractivity contribution in [2.75, 3.05) is 51.0 Å². The number of allylic oxidation sites excluding steroid dienone is 1. The number of carbonyl (C=O) groups excluding carboxylic acids is 1. The molecule has 11 nitrogen and oxygen atoms in total. The molecule has 0 spiro atoms. The number of hydrogen-bond acceptors (Lipinski definition) is 9. The molecule has 5 rings (SSSR count). The molecular weight excluding hydrogens is 494 g/mol. The molecule has 4 heterocycles. The zero-order chi connectivity index (χ0) is 27.7. The number of nitrogens with zero attached hydrogens (tertiary/aromatic N) is 7. The molecule has 1 unspecified atom stereocenters. The van der Waals surface area contributed by atoms with Gasteiger partial charge in [-0.05, 0) is 43.5 Å². The Kier molecular flexibility index (Phi) is 7.62. The minimum Gasteiger partial charge on any atom is -0.478 e. The molecule has 1 aliphatic carbocycles. The number of aromatic nitrogens is 5. The van der Waals surface area contributed by atoms with Crippen LogP contribution in [-0.4, -0.2) is 86.8 Å². The van der Waals surface area contributed by atoms with Crippen LogP contribution in [-0.2, 0) is 18.3 Å². The molecule has 11 heteroatoms. The zero-order valence-corrected chi connectivity index (χ0v) is 23.5. The highest BCUT2D eigenvalue weighted by Crippen LogP contribution is 2.37. The number of likely N-dealkylation sites (N-methyl/N-ethyl adjacent to an activating group) is 1. The number of piperazine rings is 1. The number of nitrogens with one attached hydrogen (secondary N) is 2. The van der Waals surface area contributed by atoms with Crippen LogP contribution in [0.4, 0.5) is 17.5 Å². The Hall–Kier alpha value is -3.83. The van der Waals surface area contributed by atoms with Crippen molar-refractivity contribution < 1.29 is 9.53 Å². The van der Waals surface area contributed by atoms with Gasteiger partial charge in [0.25, 0.3) is 5.88 Å². The Morgan fingerprint density at radius 1 is 1.13 bits per heavy atom. The van der Waals surface area contributed by atoms with Crippen LogP contribution in [0.25, 0.3) is 5.57 Å². The summed E-state index contributed by atoms with van der Waals surface area (Å²) in [6, 6.07) is 1.79. The SMILES string of the molecule is COc1nn(C)cc1Nc1ncc(C)c(C2=CCc3c2ccnc3NC(=O)C(C(C)C)N2CCN(C)CC2)n1. The van der Waals surface area contributed by atoms with E-state index in [1.807, 2.05) is 26.2 Å². The number of pyridine rings is 1. The summed E-state index contributed by atoms with van der Waals surface area (Å²) in [5, 5.41) is 10.7. The first-order valence-electron chi connectivity index (χ1n) is 13.4. The molecule has 1 saturated heterocycles. The van der Waals surface area contributed by atoms with Gasteiger partial charge in [0.05, 0.1) is 25.0 Å². The number of anilines is 3. The van der Waals surface area contributed by atoms with E-state index >= 15 is 0 Å². The van der Waals surface area contributed by atoms with Crippen LogP contribution < -0.4 is 15.4 Å². The van der Waals surface area contributed by atoms with E-state index in [0.29, 0.717) is 29.8 Å². The van der Waals surface area contributed by atoms with E-state index in [0.717, 1.165) is 54.1 Å². The molecule has 0 aromatic carbocycles. The van der Waals surface area contributed by atoms with E-state index in [9.17, 15) is 4.79 Å². The molecular formula is C28H37N9O2. The average molecular weight is 532 g/mol. The lowest BCUT2D eigenvalue weighted by atomic mass is 9.99. The van der Waals surface area contributed by atoms with Crippen molar-refractivity contribution in [3.05, 3.63) is 53.1 Å². The Balaban J connectivity index is 1.38. The highest BCUT2D eigenvalue weighted by molar-refractivity contribution is 5.96. The Labute approximate surface area is 229 Å². The van der Waals surface area contributed by atoms with Crippen LogP contribution >= 0.6 is 0 Å². The highest BCUT2D eigenvalue weighted by Gasteiger charge is 2.32. The number of ether oxygens (including phenoxy) is 1. The van der Waals surface area contributed by atoms with Crippen molar-refractivity contribution in [2.24, 2.45) is 13.0 Å². The Morgan fingerprint density at radius 2 is 1.90 bits per heavy atom. The lowest BCUT2D eigenvalue weighted by molar-refractivity contribution is -0.123. The predicted octanol–water partition coefficient (Wildman–Crippen LogP) is 2.86. The predicted molar refractivity (Wildman–Crippen MR) is 151 cm³/mol. The van der Waals surface area contributed by atoms with Crippen molar-refractivity contribution in [3.8, 4) is 5.88 Å². The topological polar surface area (TPSA) is 113 Å². The van der Waals surface area contributed by atoms with Gasteiger partial charge in [-0.2, -0.15) is 0 Å². The molecule has 2 N–H and O–H groups in total. The van der Waals surface area contributed by atoms with Gasteiger partial charge in [-0.3, -0.25) is 14.4 Å².